The van der Waals surface area contributed by atoms with Crippen LogP contribution < -0.4 is 0 Å². The summed E-state index contributed by atoms with van der Waals surface area (Å²) in [5.41, 5.74) is 0. The minimum absolute atomic E-state index is 1.20. The summed E-state index contributed by atoms with van der Waals surface area (Å²) in [6.45, 7) is 0. The minimum atomic E-state index is 1.20. The fourth-order valence-electron chi connectivity index (χ4n) is 4.43. The van der Waals surface area contributed by atoms with E-state index in [1.807, 2.05) is 0 Å². The van der Waals surface area contributed by atoms with Crippen molar-refractivity contribution < 1.29 is 0 Å². The molecule has 0 heteroatoms. The van der Waals surface area contributed by atoms with Crippen molar-refractivity contribution in [2.45, 2.75) is 38.5 Å². The zero-order chi connectivity index (χ0) is 7.71. The lowest BCUT2D eigenvalue weighted by molar-refractivity contribution is -0.0593. The maximum atomic E-state index is 1.64. The molecule has 12 heavy (non-hydrogen) atoms. The Morgan fingerprint density at radius 3 is 1.75 bits per heavy atom. The molecular weight excluding hydrogens is 144 g/mol. The van der Waals surface area contributed by atoms with Crippen molar-refractivity contribution >= 4 is 0 Å². The Morgan fingerprint density at radius 2 is 1.25 bits per heavy atom. The maximum Gasteiger partial charge on any atom is -0.0352 e. The van der Waals surface area contributed by atoms with Gasteiger partial charge in [0.15, 0.2) is 0 Å². The molecule has 66 valence electrons. The van der Waals surface area contributed by atoms with Gasteiger partial charge in [-0.25, -0.2) is 0 Å². The second-order valence-corrected chi connectivity index (χ2v) is 5.89. The van der Waals surface area contributed by atoms with E-state index < -0.39 is 0 Å². The van der Waals surface area contributed by atoms with E-state index >= 15 is 0 Å². The van der Waals surface area contributed by atoms with E-state index in [1.165, 1.54) is 35.5 Å². The molecule has 0 aromatic rings. The fourth-order valence-corrected chi connectivity index (χ4v) is 4.43. The number of fused-ring (bicyclic) bond motifs is 2. The molecule has 0 spiro atoms. The Balaban J connectivity index is 1.46. The molecule has 0 aromatic heterocycles. The fraction of sp³-hybridized carbons (Fsp3) is 1.00. The summed E-state index contributed by atoms with van der Waals surface area (Å²) in [6.07, 6.45) is 9.70. The van der Waals surface area contributed by atoms with Gasteiger partial charge in [-0.15, -0.1) is 0 Å². The summed E-state index contributed by atoms with van der Waals surface area (Å²) >= 11 is 0. The van der Waals surface area contributed by atoms with Crippen LogP contribution in [0.25, 0.3) is 0 Å². The predicted molar refractivity (Wildman–Crippen MR) is 48.6 cm³/mol. The number of rotatable bonds is 1. The Kier molecular flexibility index (Phi) is 1.03. The van der Waals surface area contributed by atoms with E-state index in [-0.39, 0.29) is 0 Å². The van der Waals surface area contributed by atoms with Gasteiger partial charge in [-0.3, -0.25) is 0 Å². The van der Waals surface area contributed by atoms with Crippen molar-refractivity contribution in [2.75, 3.05) is 0 Å². The highest BCUT2D eigenvalue weighted by Gasteiger charge is 2.55. The third-order valence-electron chi connectivity index (χ3n) is 5.49. The van der Waals surface area contributed by atoms with Crippen LogP contribution in [0.1, 0.15) is 38.5 Å². The molecule has 4 aliphatic carbocycles. The standard InChI is InChI=1S/C12H18/c1-2-11-7(1)6-12(11)10-4-8-3-9(8)5-10/h7-12H,1-6H2. The lowest BCUT2D eigenvalue weighted by atomic mass is 9.50. The lowest BCUT2D eigenvalue weighted by Crippen LogP contribution is -2.47. The van der Waals surface area contributed by atoms with E-state index in [2.05, 4.69) is 0 Å². The molecule has 4 saturated carbocycles. The first kappa shape index (κ1) is 6.45. The summed E-state index contributed by atoms with van der Waals surface area (Å²) in [6, 6.07) is 0. The molecule has 0 nitrogen and oxygen atoms in total. The van der Waals surface area contributed by atoms with Gasteiger partial charge in [0.05, 0.1) is 0 Å². The molecule has 0 radical (unpaired) electrons. The van der Waals surface area contributed by atoms with Crippen LogP contribution in [0.3, 0.4) is 0 Å². The summed E-state index contributed by atoms with van der Waals surface area (Å²) in [7, 11) is 0. The SMILES string of the molecule is C1C2CC(C3CC4CCC43)CC12. The van der Waals surface area contributed by atoms with E-state index in [0.717, 1.165) is 0 Å². The molecule has 0 bridgehead atoms. The van der Waals surface area contributed by atoms with Crippen molar-refractivity contribution in [3.63, 3.8) is 0 Å². The molecule has 4 aliphatic rings. The molecule has 4 fully saturated rings. The van der Waals surface area contributed by atoms with Crippen molar-refractivity contribution in [3.8, 4) is 0 Å². The van der Waals surface area contributed by atoms with Gasteiger partial charge in [-0.05, 0) is 74.0 Å². The topological polar surface area (TPSA) is 0 Å². The van der Waals surface area contributed by atoms with Gasteiger partial charge >= 0.3 is 0 Å². The van der Waals surface area contributed by atoms with Crippen LogP contribution in [-0.4, -0.2) is 0 Å². The number of hydrogen-bond acceptors (Lipinski definition) is 0. The van der Waals surface area contributed by atoms with Crippen LogP contribution in [0.15, 0.2) is 0 Å². The van der Waals surface area contributed by atoms with Crippen molar-refractivity contribution in [2.24, 2.45) is 35.5 Å². The van der Waals surface area contributed by atoms with Gasteiger partial charge in [0.25, 0.3) is 0 Å². The quantitative estimate of drug-likeness (QED) is 0.556. The van der Waals surface area contributed by atoms with Crippen LogP contribution in [0.5, 0.6) is 0 Å². The zero-order valence-corrected chi connectivity index (χ0v) is 7.71. The molecule has 0 aromatic carbocycles. The molecule has 0 saturated heterocycles. The predicted octanol–water partition coefficient (Wildman–Crippen LogP) is 3.08. The first-order valence-electron chi connectivity index (χ1n) is 5.92. The first-order valence-corrected chi connectivity index (χ1v) is 5.92. The molecule has 0 amide bonds. The van der Waals surface area contributed by atoms with Crippen molar-refractivity contribution in [3.05, 3.63) is 0 Å². The average Bonchev–Trinajstić information content (AvgIpc) is 2.65. The largest absolute Gasteiger partial charge is 0.0499 e. The normalized spacial score (nSPS) is 66.0. The van der Waals surface area contributed by atoms with E-state index in [1.54, 1.807) is 38.5 Å². The summed E-state index contributed by atoms with van der Waals surface area (Å²) in [5, 5.41) is 0. The van der Waals surface area contributed by atoms with Crippen LogP contribution in [-0.2, 0) is 0 Å². The van der Waals surface area contributed by atoms with E-state index in [9.17, 15) is 0 Å². The molecule has 0 heterocycles. The highest BCUT2D eigenvalue weighted by atomic mass is 14.6. The maximum absolute atomic E-state index is 1.64. The van der Waals surface area contributed by atoms with Gasteiger partial charge in [-0.2, -0.15) is 0 Å². The van der Waals surface area contributed by atoms with Crippen molar-refractivity contribution in [1.82, 2.24) is 0 Å². The highest BCUT2D eigenvalue weighted by Crippen LogP contribution is 2.64. The molecule has 5 unspecified atom stereocenters. The summed E-state index contributed by atoms with van der Waals surface area (Å²) < 4.78 is 0. The van der Waals surface area contributed by atoms with E-state index in [0.29, 0.717) is 0 Å². The molecule has 4 rings (SSSR count). The average molecular weight is 162 g/mol. The Hall–Kier alpha value is 0. The number of hydrogen-bond donors (Lipinski definition) is 0. The second-order valence-electron chi connectivity index (χ2n) is 5.89. The van der Waals surface area contributed by atoms with Crippen molar-refractivity contribution in [1.29, 1.82) is 0 Å². The molecule has 5 atom stereocenters. The summed E-state index contributed by atoms with van der Waals surface area (Å²) in [5.74, 6) is 7.30. The third-order valence-corrected chi connectivity index (χ3v) is 5.49. The monoisotopic (exact) mass is 162 g/mol. The third kappa shape index (κ3) is 0.661. The van der Waals surface area contributed by atoms with Gasteiger partial charge in [0, 0.05) is 0 Å². The van der Waals surface area contributed by atoms with Gasteiger partial charge in [0.2, 0.25) is 0 Å². The van der Waals surface area contributed by atoms with Gasteiger partial charge in [-0.1, -0.05) is 0 Å². The zero-order valence-electron chi connectivity index (χ0n) is 7.71. The first-order chi connectivity index (χ1) is 5.92. The second kappa shape index (κ2) is 1.91. The highest BCUT2D eigenvalue weighted by molar-refractivity contribution is 5.05. The van der Waals surface area contributed by atoms with Crippen LogP contribution in [0.2, 0.25) is 0 Å². The van der Waals surface area contributed by atoms with Gasteiger partial charge in [0.1, 0.15) is 0 Å². The van der Waals surface area contributed by atoms with E-state index in [4.69, 9.17) is 0 Å². The summed E-state index contributed by atoms with van der Waals surface area (Å²) in [4.78, 5) is 0. The lowest BCUT2D eigenvalue weighted by Gasteiger charge is -2.56. The minimum Gasteiger partial charge on any atom is -0.0499 e. The van der Waals surface area contributed by atoms with Crippen LogP contribution >= 0.6 is 0 Å². The molecular formula is C12H18. The smallest absolute Gasteiger partial charge is 0.0352 e. The van der Waals surface area contributed by atoms with Crippen LogP contribution in [0, 0.1) is 35.5 Å². The Labute approximate surface area is 74.7 Å². The van der Waals surface area contributed by atoms with Gasteiger partial charge < -0.3 is 0 Å². The van der Waals surface area contributed by atoms with Crippen LogP contribution in [0.4, 0.5) is 0 Å². The Bertz CT molecular complexity index is 210. The molecule has 0 N–H and O–H groups in total. The Morgan fingerprint density at radius 1 is 0.500 bits per heavy atom. The molecule has 0 aliphatic heterocycles.